The van der Waals surface area contributed by atoms with Gasteiger partial charge in [0.05, 0.1) is 17.2 Å². The number of hydrogen-bond acceptors (Lipinski definition) is 9. The van der Waals surface area contributed by atoms with Crippen LogP contribution in [-0.4, -0.2) is 59.6 Å². The summed E-state index contributed by atoms with van der Waals surface area (Å²) < 4.78 is 13.1. The summed E-state index contributed by atoms with van der Waals surface area (Å²) >= 11 is 0. The number of aliphatic hydroxyl groups is 3. The number of aliphatic hydroxyl groups excluding tert-OH is 3. The number of amides is 1. The molecule has 0 bridgehead atoms. The molecule has 0 aromatic heterocycles. The number of benzene rings is 6. The van der Waals surface area contributed by atoms with Gasteiger partial charge in [-0.2, -0.15) is 0 Å². The van der Waals surface area contributed by atoms with Crippen LogP contribution in [0.4, 0.5) is 0 Å². The van der Waals surface area contributed by atoms with Gasteiger partial charge in [0.1, 0.15) is 25.3 Å². The zero-order valence-corrected chi connectivity index (χ0v) is 35.9. The molecule has 0 fully saturated rings. The highest BCUT2D eigenvalue weighted by Crippen LogP contribution is 2.50. The Morgan fingerprint density at radius 1 is 0.619 bits per heavy atom. The molecule has 0 heterocycles. The van der Waals surface area contributed by atoms with Crippen molar-refractivity contribution in [2.45, 2.75) is 79.0 Å². The second kappa shape index (κ2) is 21.7. The van der Waals surface area contributed by atoms with Crippen molar-refractivity contribution >= 4 is 6.41 Å². The maximum absolute atomic E-state index is 13.0. The number of hydrogen-bond donors (Lipinski definition) is 7. The molecule has 6 aromatic rings. The quantitative estimate of drug-likeness (QED) is 0.0273. The molecule has 10 N–H and O–H groups in total. The molecule has 10 heteroatoms. The predicted octanol–water partition coefficient (Wildman–Crippen LogP) is 6.68. The first-order valence-electron chi connectivity index (χ1n) is 21.4. The lowest BCUT2D eigenvalue weighted by Gasteiger charge is -2.52. The lowest BCUT2D eigenvalue weighted by Crippen LogP contribution is -2.65. The Morgan fingerprint density at radius 3 is 1.49 bits per heavy atom. The Labute approximate surface area is 371 Å². The SMILES string of the molecule is CC(N)C(c1ccccc1)C(OCO)C([CH]C(c1ccccc1)C(N)C(CC(N)(c1ccccc1)C(O)C(C)(NC=O)c1ccccc1)(OCO)c1ccccc1)c1ccccc1. The van der Waals surface area contributed by atoms with E-state index in [9.17, 15) is 20.1 Å². The van der Waals surface area contributed by atoms with Crippen LogP contribution in [0.25, 0.3) is 0 Å². The number of carbonyl (C=O) groups excluding carboxylic acids is 1. The average molecular weight is 850 g/mol. The Hall–Kier alpha value is -5.53. The van der Waals surface area contributed by atoms with E-state index in [2.05, 4.69) is 11.7 Å². The summed E-state index contributed by atoms with van der Waals surface area (Å²) in [7, 11) is 0. The standard InChI is InChI=1S/C53H61N4O6/c1-38(54)47(41-25-13-5-14-26-41)48(62-36-59)45(39-21-9-3-10-22-39)33-46(40-23-11-4-12-24-40)49(55)53(63-37-60,44-31-19-8-20-32-44)34-52(56,43-29-17-7-18-30-43)50(61)51(2,57-35-58)42-27-15-6-16-28-42/h3-33,35,38,45-50,59-61H,34,36-37,54-56H2,1-2H3,(H,57,58). The molecule has 6 aromatic carbocycles. The minimum absolute atomic E-state index is 0.184. The highest BCUT2D eigenvalue weighted by Gasteiger charge is 2.56. The summed E-state index contributed by atoms with van der Waals surface area (Å²) in [5, 5.41) is 37.6. The van der Waals surface area contributed by atoms with Crippen molar-refractivity contribution in [2.24, 2.45) is 17.2 Å². The molecular formula is C53H61N4O6. The third-order valence-corrected chi connectivity index (χ3v) is 12.7. The zero-order chi connectivity index (χ0) is 44.9. The van der Waals surface area contributed by atoms with E-state index < -0.39 is 66.4 Å². The monoisotopic (exact) mass is 849 g/mol. The smallest absolute Gasteiger partial charge is 0.207 e. The van der Waals surface area contributed by atoms with Crippen LogP contribution >= 0.6 is 0 Å². The molecule has 0 aliphatic rings. The van der Waals surface area contributed by atoms with Crippen LogP contribution in [0, 0.1) is 6.42 Å². The van der Waals surface area contributed by atoms with Gasteiger partial charge in [0, 0.05) is 36.3 Å². The molecule has 0 aliphatic carbocycles. The number of nitrogens with two attached hydrogens (primary N) is 3. The first-order chi connectivity index (χ1) is 30.5. The second-order valence-electron chi connectivity index (χ2n) is 16.5. The van der Waals surface area contributed by atoms with Crippen LogP contribution in [0.1, 0.15) is 71.4 Å². The molecular weight excluding hydrogens is 789 g/mol. The minimum atomic E-state index is -1.72. The van der Waals surface area contributed by atoms with Gasteiger partial charge in [-0.1, -0.05) is 182 Å². The van der Waals surface area contributed by atoms with Gasteiger partial charge in [0.2, 0.25) is 6.41 Å². The zero-order valence-electron chi connectivity index (χ0n) is 35.9. The van der Waals surface area contributed by atoms with E-state index in [1.807, 2.05) is 189 Å². The van der Waals surface area contributed by atoms with E-state index in [0.29, 0.717) is 23.1 Å². The molecule has 329 valence electrons. The maximum Gasteiger partial charge on any atom is 0.207 e. The molecule has 10 atom stereocenters. The van der Waals surface area contributed by atoms with Gasteiger partial charge in [-0.05, 0) is 53.6 Å². The van der Waals surface area contributed by atoms with Crippen LogP contribution in [0.2, 0.25) is 0 Å². The second-order valence-corrected chi connectivity index (χ2v) is 16.5. The molecule has 1 amide bonds. The Kier molecular flexibility index (Phi) is 16.2. The van der Waals surface area contributed by atoms with E-state index in [1.54, 1.807) is 6.92 Å². The molecule has 10 unspecified atom stereocenters. The van der Waals surface area contributed by atoms with Crippen molar-refractivity contribution in [1.29, 1.82) is 0 Å². The van der Waals surface area contributed by atoms with Gasteiger partial charge >= 0.3 is 0 Å². The van der Waals surface area contributed by atoms with Gasteiger partial charge in [-0.15, -0.1) is 0 Å². The summed E-state index contributed by atoms with van der Waals surface area (Å²) in [6.45, 7) is 2.34. The number of rotatable bonds is 23. The van der Waals surface area contributed by atoms with E-state index in [1.165, 1.54) is 0 Å². The highest BCUT2D eigenvalue weighted by atomic mass is 16.6. The Bertz CT molecular complexity index is 2240. The first kappa shape index (κ1) is 47.0. The number of nitrogens with one attached hydrogen (secondary N) is 1. The molecule has 0 aliphatic heterocycles. The van der Waals surface area contributed by atoms with Crippen molar-refractivity contribution < 1.29 is 29.6 Å². The summed E-state index contributed by atoms with van der Waals surface area (Å²) in [6, 6.07) is 55.8. The van der Waals surface area contributed by atoms with Gasteiger partial charge in [0.15, 0.2) is 0 Å². The van der Waals surface area contributed by atoms with Crippen molar-refractivity contribution in [1.82, 2.24) is 5.32 Å². The molecule has 10 nitrogen and oxygen atoms in total. The molecule has 0 saturated carbocycles. The maximum atomic E-state index is 13.0. The van der Waals surface area contributed by atoms with Crippen molar-refractivity contribution in [2.75, 3.05) is 13.6 Å². The number of ether oxygens (including phenoxy) is 2. The Balaban J connectivity index is 1.60. The van der Waals surface area contributed by atoms with E-state index >= 15 is 0 Å². The van der Waals surface area contributed by atoms with Gasteiger partial charge < -0.3 is 47.3 Å². The minimum Gasteiger partial charge on any atom is -0.388 e. The molecule has 63 heavy (non-hydrogen) atoms. The molecule has 0 saturated heterocycles. The van der Waals surface area contributed by atoms with Crippen LogP contribution in [0.3, 0.4) is 0 Å². The third kappa shape index (κ3) is 10.3. The van der Waals surface area contributed by atoms with Gasteiger partial charge in [-0.25, -0.2) is 0 Å². The number of carbonyl (C=O) groups is 1. The van der Waals surface area contributed by atoms with Gasteiger partial charge in [0.25, 0.3) is 0 Å². The normalized spacial score (nSPS) is 17.9. The summed E-state index contributed by atoms with van der Waals surface area (Å²) in [4.78, 5) is 12.4. The molecule has 0 spiro atoms. The third-order valence-electron chi connectivity index (χ3n) is 12.7. The average Bonchev–Trinajstić information content (AvgIpc) is 3.33. The van der Waals surface area contributed by atoms with Crippen LogP contribution in [-0.2, 0) is 30.9 Å². The summed E-state index contributed by atoms with van der Waals surface area (Å²) in [6.07, 6.45) is 0.307. The first-order valence-corrected chi connectivity index (χ1v) is 21.4. The lowest BCUT2D eigenvalue weighted by atomic mass is 9.63. The van der Waals surface area contributed by atoms with Crippen molar-refractivity contribution in [3.63, 3.8) is 0 Å². The molecule has 1 radical (unpaired) electrons. The highest BCUT2D eigenvalue weighted by molar-refractivity contribution is 5.51. The fourth-order valence-corrected chi connectivity index (χ4v) is 9.46. The predicted molar refractivity (Wildman–Crippen MR) is 248 cm³/mol. The van der Waals surface area contributed by atoms with Crippen molar-refractivity contribution in [3.05, 3.63) is 222 Å². The fourth-order valence-electron chi connectivity index (χ4n) is 9.46. The van der Waals surface area contributed by atoms with Gasteiger partial charge in [-0.3, -0.25) is 4.79 Å². The van der Waals surface area contributed by atoms with E-state index in [0.717, 1.165) is 16.7 Å². The van der Waals surface area contributed by atoms with Crippen LogP contribution < -0.4 is 22.5 Å². The topological polar surface area (TPSA) is 186 Å². The van der Waals surface area contributed by atoms with E-state index in [-0.39, 0.29) is 12.3 Å². The summed E-state index contributed by atoms with van der Waals surface area (Å²) in [5.41, 5.74) is 22.1. The van der Waals surface area contributed by atoms with Crippen LogP contribution in [0.5, 0.6) is 0 Å². The molecule has 6 rings (SSSR count). The van der Waals surface area contributed by atoms with Crippen molar-refractivity contribution in [3.8, 4) is 0 Å². The fraction of sp³-hybridized carbons (Fsp3) is 0.283. The Morgan fingerprint density at radius 2 is 1.05 bits per heavy atom. The van der Waals surface area contributed by atoms with E-state index in [4.69, 9.17) is 26.7 Å². The largest absolute Gasteiger partial charge is 0.388 e. The summed E-state index contributed by atoms with van der Waals surface area (Å²) in [5.74, 6) is -1.59. The van der Waals surface area contributed by atoms with Crippen LogP contribution in [0.15, 0.2) is 182 Å². The lowest BCUT2D eigenvalue weighted by molar-refractivity contribution is -0.161.